The number of fused-ring (bicyclic) bond motifs is 4. The summed E-state index contributed by atoms with van der Waals surface area (Å²) in [6, 6.07) is 7.30. The van der Waals surface area contributed by atoms with Crippen molar-refractivity contribution in [2.24, 2.45) is 5.92 Å². The molecule has 2 heteroatoms. The van der Waals surface area contributed by atoms with E-state index in [2.05, 4.69) is 50.4 Å². The first kappa shape index (κ1) is 16.6. The van der Waals surface area contributed by atoms with Gasteiger partial charge < -0.3 is 10.1 Å². The summed E-state index contributed by atoms with van der Waals surface area (Å²) >= 11 is 0. The van der Waals surface area contributed by atoms with Crippen LogP contribution in [0, 0.1) is 5.92 Å². The second kappa shape index (κ2) is 6.68. The molecule has 0 radical (unpaired) electrons. The average molecular weight is 313 g/mol. The molecule has 0 amide bonds. The molecule has 2 unspecified atom stereocenters. The van der Waals surface area contributed by atoms with Crippen LogP contribution in [0.25, 0.3) is 0 Å². The molecule has 0 saturated heterocycles. The highest BCUT2D eigenvalue weighted by Crippen LogP contribution is 2.48. The van der Waals surface area contributed by atoms with Crippen molar-refractivity contribution in [3.8, 4) is 5.75 Å². The Kier molecular flexibility index (Phi) is 4.82. The van der Waals surface area contributed by atoms with Gasteiger partial charge in [0.1, 0.15) is 5.75 Å². The van der Waals surface area contributed by atoms with Crippen molar-refractivity contribution in [1.82, 2.24) is 5.32 Å². The number of rotatable bonds is 4. The highest BCUT2D eigenvalue weighted by molar-refractivity contribution is 5.44. The van der Waals surface area contributed by atoms with Gasteiger partial charge >= 0.3 is 0 Å². The van der Waals surface area contributed by atoms with Crippen molar-refractivity contribution >= 4 is 0 Å². The summed E-state index contributed by atoms with van der Waals surface area (Å²) in [5.41, 5.74) is 4.67. The summed E-state index contributed by atoms with van der Waals surface area (Å²) in [5, 5.41) is 3.90. The van der Waals surface area contributed by atoms with E-state index in [-0.39, 0.29) is 5.41 Å². The van der Waals surface area contributed by atoms with Gasteiger partial charge in [-0.1, -0.05) is 37.5 Å². The first-order valence-electron chi connectivity index (χ1n) is 9.09. The molecule has 2 nitrogen and oxygen atoms in total. The minimum atomic E-state index is 0.221. The van der Waals surface area contributed by atoms with E-state index in [0.29, 0.717) is 6.04 Å². The number of methoxy groups -OCH3 is 1. The fourth-order valence-electron chi connectivity index (χ4n) is 4.72. The largest absolute Gasteiger partial charge is 0.497 e. The van der Waals surface area contributed by atoms with E-state index in [1.165, 1.54) is 43.2 Å². The summed E-state index contributed by atoms with van der Waals surface area (Å²) in [5.74, 6) is 1.75. The number of allylic oxidation sites excluding steroid dienone is 1. The number of benzene rings is 1. The lowest BCUT2D eigenvalue weighted by Crippen LogP contribution is -2.54. The predicted octanol–water partition coefficient (Wildman–Crippen LogP) is 4.62. The second-order valence-corrected chi connectivity index (χ2v) is 7.82. The second-order valence-electron chi connectivity index (χ2n) is 7.82. The zero-order chi connectivity index (χ0) is 16.4. The first-order valence-corrected chi connectivity index (χ1v) is 9.09. The van der Waals surface area contributed by atoms with Gasteiger partial charge in [0.2, 0.25) is 0 Å². The van der Waals surface area contributed by atoms with Crippen molar-refractivity contribution in [3.63, 3.8) is 0 Å². The van der Waals surface area contributed by atoms with Crippen LogP contribution in [0.5, 0.6) is 5.75 Å². The zero-order valence-corrected chi connectivity index (χ0v) is 15.1. The van der Waals surface area contributed by atoms with E-state index in [1.807, 2.05) is 0 Å². The molecule has 2 aliphatic carbocycles. The Morgan fingerprint density at radius 1 is 1.35 bits per heavy atom. The number of ether oxygens (including phenoxy) is 1. The Morgan fingerprint density at radius 2 is 2.17 bits per heavy atom. The van der Waals surface area contributed by atoms with Crippen molar-refractivity contribution < 1.29 is 4.74 Å². The third-order valence-corrected chi connectivity index (χ3v) is 5.94. The summed E-state index contributed by atoms with van der Waals surface area (Å²) < 4.78 is 5.51. The van der Waals surface area contributed by atoms with Gasteiger partial charge in [-0.3, -0.25) is 0 Å². The molecule has 0 heterocycles. The predicted molar refractivity (Wildman–Crippen MR) is 97.2 cm³/mol. The molecule has 1 saturated carbocycles. The van der Waals surface area contributed by atoms with Crippen molar-refractivity contribution in [3.05, 3.63) is 41.0 Å². The third-order valence-electron chi connectivity index (χ3n) is 5.94. The number of nitrogens with one attached hydrogen (secondary N) is 1. The summed E-state index contributed by atoms with van der Waals surface area (Å²) in [7, 11) is 1.77. The van der Waals surface area contributed by atoms with Crippen LogP contribution in [0.2, 0.25) is 0 Å². The third kappa shape index (κ3) is 3.19. The van der Waals surface area contributed by atoms with E-state index >= 15 is 0 Å². The standard InChI is InChI=1S/C21H31NO/c1-15(2)10-12-22-20-17-7-5-6-11-21(20,3)19-14-18(23-4)9-8-16(19)13-17/h8-10,14,17,20,22H,5-7,11-13H2,1-4H3/t17?,20?,21-/m1/s1. The molecular formula is C21H31NO. The van der Waals surface area contributed by atoms with E-state index in [0.717, 1.165) is 18.2 Å². The maximum Gasteiger partial charge on any atom is 0.119 e. The molecule has 3 rings (SSSR count). The molecule has 0 spiro atoms. The molecule has 126 valence electrons. The molecular weight excluding hydrogens is 282 g/mol. The van der Waals surface area contributed by atoms with E-state index in [1.54, 1.807) is 12.7 Å². The van der Waals surface area contributed by atoms with Gasteiger partial charge in [0.05, 0.1) is 7.11 Å². The summed E-state index contributed by atoms with van der Waals surface area (Å²) in [6.45, 7) is 7.82. The molecule has 1 fully saturated rings. The lowest BCUT2D eigenvalue weighted by molar-refractivity contribution is 0.214. The summed E-state index contributed by atoms with van der Waals surface area (Å²) in [6.07, 6.45) is 8.86. The smallest absolute Gasteiger partial charge is 0.119 e. The van der Waals surface area contributed by atoms with Crippen LogP contribution in [0.3, 0.4) is 0 Å². The van der Waals surface area contributed by atoms with Crippen molar-refractivity contribution in [1.29, 1.82) is 0 Å². The van der Waals surface area contributed by atoms with Gasteiger partial charge in [0.15, 0.2) is 0 Å². The molecule has 2 bridgehead atoms. The van der Waals surface area contributed by atoms with E-state index < -0.39 is 0 Å². The Balaban J connectivity index is 1.97. The quantitative estimate of drug-likeness (QED) is 0.819. The van der Waals surface area contributed by atoms with Crippen molar-refractivity contribution in [2.45, 2.75) is 64.3 Å². The van der Waals surface area contributed by atoms with Crippen LogP contribution in [0.1, 0.15) is 57.6 Å². The Hall–Kier alpha value is -1.28. The van der Waals surface area contributed by atoms with Gasteiger partial charge in [0.25, 0.3) is 0 Å². The maximum atomic E-state index is 5.51. The van der Waals surface area contributed by atoms with Crippen molar-refractivity contribution in [2.75, 3.05) is 13.7 Å². The molecule has 23 heavy (non-hydrogen) atoms. The monoisotopic (exact) mass is 313 g/mol. The SMILES string of the molecule is COc1ccc2c(c1)[C@@]1(C)CCCCC(C2)C1NCC=C(C)C. The molecule has 1 N–H and O–H groups in total. The van der Waals surface area contributed by atoms with Gasteiger partial charge in [-0.15, -0.1) is 0 Å². The van der Waals surface area contributed by atoms with Gasteiger partial charge in [-0.25, -0.2) is 0 Å². The Labute approximate surface area is 141 Å². The molecule has 2 aliphatic rings. The Bertz CT molecular complexity index is 588. The van der Waals surface area contributed by atoms with Crippen LogP contribution in [0.4, 0.5) is 0 Å². The molecule has 0 aromatic heterocycles. The van der Waals surface area contributed by atoms with Gasteiger partial charge in [-0.2, -0.15) is 0 Å². The summed E-state index contributed by atoms with van der Waals surface area (Å²) in [4.78, 5) is 0. The number of hydrogen-bond acceptors (Lipinski definition) is 2. The zero-order valence-electron chi connectivity index (χ0n) is 15.1. The lowest BCUT2D eigenvalue weighted by atomic mass is 9.62. The lowest BCUT2D eigenvalue weighted by Gasteiger charge is -2.46. The molecule has 1 aromatic carbocycles. The fourth-order valence-corrected chi connectivity index (χ4v) is 4.72. The van der Waals surface area contributed by atoms with Gasteiger partial charge in [-0.05, 0) is 62.3 Å². The van der Waals surface area contributed by atoms with E-state index in [4.69, 9.17) is 4.74 Å². The van der Waals surface area contributed by atoms with Crippen LogP contribution in [0.15, 0.2) is 29.8 Å². The topological polar surface area (TPSA) is 21.3 Å². The highest BCUT2D eigenvalue weighted by Gasteiger charge is 2.46. The molecule has 1 aromatic rings. The minimum Gasteiger partial charge on any atom is -0.497 e. The van der Waals surface area contributed by atoms with Crippen LogP contribution in [-0.2, 0) is 11.8 Å². The maximum absolute atomic E-state index is 5.51. The van der Waals surface area contributed by atoms with Crippen LogP contribution < -0.4 is 10.1 Å². The fraction of sp³-hybridized carbons (Fsp3) is 0.619. The van der Waals surface area contributed by atoms with Gasteiger partial charge in [0, 0.05) is 18.0 Å². The van der Waals surface area contributed by atoms with Crippen LogP contribution >= 0.6 is 0 Å². The molecule has 3 atom stereocenters. The normalized spacial score (nSPS) is 29.4. The highest BCUT2D eigenvalue weighted by atomic mass is 16.5. The average Bonchev–Trinajstić information content (AvgIpc) is 2.64. The Morgan fingerprint density at radius 3 is 2.91 bits per heavy atom. The first-order chi connectivity index (χ1) is 11.0. The number of hydrogen-bond donors (Lipinski definition) is 1. The molecule has 0 aliphatic heterocycles. The van der Waals surface area contributed by atoms with E-state index in [9.17, 15) is 0 Å². The van der Waals surface area contributed by atoms with Crippen LogP contribution in [-0.4, -0.2) is 19.7 Å². The minimum absolute atomic E-state index is 0.221.